The summed E-state index contributed by atoms with van der Waals surface area (Å²) in [4.78, 5) is 0.237. The maximum atomic E-state index is 11.9. The molecule has 2 rings (SSSR count). The van der Waals surface area contributed by atoms with Crippen molar-refractivity contribution in [3.63, 3.8) is 0 Å². The lowest BCUT2D eigenvalue weighted by molar-refractivity contribution is 0.588. The van der Waals surface area contributed by atoms with Crippen LogP contribution in [-0.4, -0.2) is 25.2 Å². The average Bonchev–Trinajstić information content (AvgIpc) is 2.82. The van der Waals surface area contributed by atoms with Gasteiger partial charge in [0.05, 0.1) is 11.9 Å². The van der Waals surface area contributed by atoms with Gasteiger partial charge in [0.25, 0.3) is 0 Å². The number of anilines is 1. The van der Waals surface area contributed by atoms with Crippen LogP contribution in [0.4, 0.5) is 5.69 Å². The van der Waals surface area contributed by atoms with E-state index in [2.05, 4.69) is 15.1 Å². The number of hydrogen-bond acceptors (Lipinski definition) is 4. The molecule has 2 aromatic rings. The first-order chi connectivity index (χ1) is 9.03. The average molecular weight is 280 g/mol. The molecule has 102 valence electrons. The first kappa shape index (κ1) is 13.6. The Kier molecular flexibility index (Phi) is 3.87. The number of para-hydroxylation sites is 1. The summed E-state index contributed by atoms with van der Waals surface area (Å²) in [5.41, 5.74) is 1.56. The summed E-state index contributed by atoms with van der Waals surface area (Å²) in [6, 6.07) is 6.79. The van der Waals surface area contributed by atoms with E-state index in [0.29, 0.717) is 12.2 Å². The molecule has 2 N–H and O–H groups in total. The van der Waals surface area contributed by atoms with Crippen molar-refractivity contribution in [1.29, 1.82) is 0 Å². The van der Waals surface area contributed by atoms with Gasteiger partial charge in [-0.15, -0.1) is 0 Å². The van der Waals surface area contributed by atoms with Crippen LogP contribution in [0.1, 0.15) is 5.56 Å². The Morgan fingerprint density at radius 2 is 2.05 bits per heavy atom. The van der Waals surface area contributed by atoms with E-state index in [1.165, 1.54) is 7.05 Å². The second-order valence-corrected chi connectivity index (χ2v) is 5.93. The maximum absolute atomic E-state index is 11.9. The summed E-state index contributed by atoms with van der Waals surface area (Å²) < 4.78 is 27.8. The van der Waals surface area contributed by atoms with E-state index in [1.807, 2.05) is 13.2 Å². The van der Waals surface area contributed by atoms with Crippen molar-refractivity contribution in [2.75, 3.05) is 12.4 Å². The third kappa shape index (κ3) is 3.12. The molecule has 1 aromatic heterocycles. The SMILES string of the molecule is CNS(=O)(=O)c1ccccc1NCc1cnn(C)c1. The van der Waals surface area contributed by atoms with Gasteiger partial charge in [0.2, 0.25) is 10.0 Å². The number of nitrogens with one attached hydrogen (secondary N) is 2. The van der Waals surface area contributed by atoms with Gasteiger partial charge in [0.15, 0.2) is 0 Å². The van der Waals surface area contributed by atoms with Gasteiger partial charge in [-0.25, -0.2) is 13.1 Å². The lowest BCUT2D eigenvalue weighted by atomic mass is 10.3. The minimum absolute atomic E-state index is 0.237. The molecule has 0 aliphatic heterocycles. The number of nitrogens with zero attached hydrogens (tertiary/aromatic N) is 2. The molecule has 6 nitrogen and oxygen atoms in total. The van der Waals surface area contributed by atoms with Gasteiger partial charge >= 0.3 is 0 Å². The molecule has 19 heavy (non-hydrogen) atoms. The number of benzene rings is 1. The molecule has 0 bridgehead atoms. The highest BCUT2D eigenvalue weighted by atomic mass is 32.2. The zero-order chi connectivity index (χ0) is 13.9. The first-order valence-corrected chi connectivity index (χ1v) is 7.25. The van der Waals surface area contributed by atoms with Crippen LogP contribution in [0.5, 0.6) is 0 Å². The Labute approximate surface area is 112 Å². The fourth-order valence-electron chi connectivity index (χ4n) is 1.72. The molecule has 0 aliphatic rings. The largest absolute Gasteiger partial charge is 0.380 e. The van der Waals surface area contributed by atoms with E-state index in [-0.39, 0.29) is 4.90 Å². The molecule has 7 heteroatoms. The Hall–Kier alpha value is -1.86. The number of aryl methyl sites for hydroxylation is 1. The third-order valence-corrected chi connectivity index (χ3v) is 4.16. The Bertz CT molecular complexity index is 664. The second-order valence-electron chi connectivity index (χ2n) is 4.08. The van der Waals surface area contributed by atoms with Gasteiger partial charge in [-0.3, -0.25) is 4.68 Å². The highest BCUT2D eigenvalue weighted by molar-refractivity contribution is 7.89. The van der Waals surface area contributed by atoms with Crippen molar-refractivity contribution in [3.05, 3.63) is 42.2 Å². The quantitative estimate of drug-likeness (QED) is 0.854. The van der Waals surface area contributed by atoms with E-state index >= 15 is 0 Å². The van der Waals surface area contributed by atoms with E-state index in [4.69, 9.17) is 0 Å². The van der Waals surface area contributed by atoms with E-state index in [0.717, 1.165) is 5.56 Å². The molecular formula is C12H16N4O2S. The second kappa shape index (κ2) is 5.41. The van der Waals surface area contributed by atoms with Crippen molar-refractivity contribution in [3.8, 4) is 0 Å². The van der Waals surface area contributed by atoms with Gasteiger partial charge in [-0.1, -0.05) is 12.1 Å². The third-order valence-electron chi connectivity index (χ3n) is 2.69. The highest BCUT2D eigenvalue weighted by Gasteiger charge is 2.15. The van der Waals surface area contributed by atoms with Gasteiger partial charge in [-0.2, -0.15) is 5.10 Å². The summed E-state index contributed by atoms with van der Waals surface area (Å²) >= 11 is 0. The maximum Gasteiger partial charge on any atom is 0.242 e. The molecule has 0 unspecified atom stereocenters. The van der Waals surface area contributed by atoms with Crippen LogP contribution in [-0.2, 0) is 23.6 Å². The van der Waals surface area contributed by atoms with Crippen LogP contribution >= 0.6 is 0 Å². The molecule has 0 atom stereocenters. The Morgan fingerprint density at radius 3 is 2.68 bits per heavy atom. The monoisotopic (exact) mass is 280 g/mol. The van der Waals surface area contributed by atoms with Crippen LogP contribution in [0, 0.1) is 0 Å². The molecule has 0 amide bonds. The lowest BCUT2D eigenvalue weighted by Crippen LogP contribution is -2.20. The lowest BCUT2D eigenvalue weighted by Gasteiger charge is -2.11. The smallest absolute Gasteiger partial charge is 0.242 e. The summed E-state index contributed by atoms with van der Waals surface area (Å²) in [5.74, 6) is 0. The van der Waals surface area contributed by atoms with E-state index < -0.39 is 10.0 Å². The summed E-state index contributed by atoms with van der Waals surface area (Å²) in [5, 5.41) is 7.17. The molecule has 1 heterocycles. The van der Waals surface area contributed by atoms with E-state index in [9.17, 15) is 8.42 Å². The predicted octanol–water partition coefficient (Wildman–Crippen LogP) is 0.940. The van der Waals surface area contributed by atoms with Gasteiger partial charge < -0.3 is 5.32 Å². The van der Waals surface area contributed by atoms with Gasteiger partial charge in [-0.05, 0) is 19.2 Å². The zero-order valence-electron chi connectivity index (χ0n) is 10.8. The van der Waals surface area contributed by atoms with Gasteiger partial charge in [0.1, 0.15) is 4.90 Å². The number of aromatic nitrogens is 2. The normalized spacial score (nSPS) is 11.5. The molecule has 1 aromatic carbocycles. The Balaban J connectivity index is 2.21. The van der Waals surface area contributed by atoms with Crippen LogP contribution in [0.25, 0.3) is 0 Å². The predicted molar refractivity (Wildman–Crippen MR) is 73.2 cm³/mol. The molecule has 0 aliphatic carbocycles. The molecular weight excluding hydrogens is 264 g/mol. The van der Waals surface area contributed by atoms with Crippen LogP contribution in [0.2, 0.25) is 0 Å². The number of rotatable bonds is 5. The van der Waals surface area contributed by atoms with Crippen LogP contribution < -0.4 is 10.0 Å². The first-order valence-electron chi connectivity index (χ1n) is 5.77. The molecule has 0 radical (unpaired) electrons. The van der Waals surface area contributed by atoms with Crippen LogP contribution in [0.15, 0.2) is 41.6 Å². The standard InChI is InChI=1S/C12H16N4O2S/c1-13-19(17,18)12-6-4-3-5-11(12)14-7-10-8-15-16(2)9-10/h3-6,8-9,13-14H,7H2,1-2H3. The van der Waals surface area contributed by atoms with Crippen molar-refractivity contribution in [2.45, 2.75) is 11.4 Å². The van der Waals surface area contributed by atoms with Crippen molar-refractivity contribution >= 4 is 15.7 Å². The summed E-state index contributed by atoms with van der Waals surface area (Å²) in [6.07, 6.45) is 3.62. The summed E-state index contributed by atoms with van der Waals surface area (Å²) in [7, 11) is -0.229. The Morgan fingerprint density at radius 1 is 1.32 bits per heavy atom. The number of hydrogen-bond donors (Lipinski definition) is 2. The zero-order valence-corrected chi connectivity index (χ0v) is 11.6. The fourth-order valence-corrected chi connectivity index (χ4v) is 2.62. The fraction of sp³-hybridized carbons (Fsp3) is 0.250. The molecule has 0 fully saturated rings. The molecule has 0 saturated heterocycles. The summed E-state index contributed by atoms with van der Waals surface area (Å²) in [6.45, 7) is 0.518. The van der Waals surface area contributed by atoms with Crippen molar-refractivity contribution in [2.24, 2.45) is 7.05 Å². The van der Waals surface area contributed by atoms with Crippen molar-refractivity contribution < 1.29 is 8.42 Å². The van der Waals surface area contributed by atoms with Crippen LogP contribution in [0.3, 0.4) is 0 Å². The van der Waals surface area contributed by atoms with E-state index in [1.54, 1.807) is 35.1 Å². The minimum Gasteiger partial charge on any atom is -0.380 e. The molecule has 0 spiro atoms. The van der Waals surface area contributed by atoms with Crippen molar-refractivity contribution in [1.82, 2.24) is 14.5 Å². The number of sulfonamides is 1. The minimum atomic E-state index is -3.46. The van der Waals surface area contributed by atoms with Gasteiger partial charge in [0, 0.05) is 25.4 Å². The topological polar surface area (TPSA) is 76.0 Å². The highest BCUT2D eigenvalue weighted by Crippen LogP contribution is 2.20. The molecule has 0 saturated carbocycles.